The van der Waals surface area contributed by atoms with Crippen LogP contribution in [-0.2, 0) is 14.3 Å². The summed E-state index contributed by atoms with van der Waals surface area (Å²) in [5.41, 5.74) is 2.18. The predicted octanol–water partition coefficient (Wildman–Crippen LogP) is 0.459. The number of aromatic amines is 1. The summed E-state index contributed by atoms with van der Waals surface area (Å²) in [6.45, 7) is 7.59. The van der Waals surface area contributed by atoms with E-state index in [1.165, 1.54) is 7.11 Å². The zero-order valence-electron chi connectivity index (χ0n) is 15.4. The van der Waals surface area contributed by atoms with E-state index in [0.717, 1.165) is 30.8 Å². The Morgan fingerprint density at radius 1 is 1.20 bits per heavy atom. The molecule has 1 aliphatic heterocycles. The van der Waals surface area contributed by atoms with Crippen LogP contribution in [0.25, 0.3) is 0 Å². The molecule has 0 saturated carbocycles. The fourth-order valence-electron chi connectivity index (χ4n) is 3.45. The van der Waals surface area contributed by atoms with E-state index in [1.54, 1.807) is 20.8 Å². The Balaban J connectivity index is 1.98. The van der Waals surface area contributed by atoms with Crippen molar-refractivity contribution in [2.24, 2.45) is 5.92 Å². The Morgan fingerprint density at radius 3 is 2.40 bits per heavy atom. The lowest BCUT2D eigenvalue weighted by Gasteiger charge is -2.27. The summed E-state index contributed by atoms with van der Waals surface area (Å²) in [4.78, 5) is 40.4. The number of likely N-dealkylation sites (tertiary alicyclic amines) is 1. The van der Waals surface area contributed by atoms with Crippen LogP contribution < -0.4 is 4.90 Å². The van der Waals surface area contributed by atoms with Crippen molar-refractivity contribution in [3.63, 3.8) is 0 Å². The second-order valence-corrected chi connectivity index (χ2v) is 6.49. The molecule has 1 aromatic heterocycles. The third-order valence-electron chi connectivity index (χ3n) is 4.83. The Hall–Kier alpha value is -2.15. The van der Waals surface area contributed by atoms with Crippen molar-refractivity contribution in [2.75, 3.05) is 33.4 Å². The number of carbonyl (C=O) groups is 3. The molecule has 0 spiro atoms. The van der Waals surface area contributed by atoms with Crippen LogP contribution in [0.4, 0.5) is 0 Å². The molecular formula is C18H27N2O5+. The van der Waals surface area contributed by atoms with E-state index in [9.17, 15) is 14.4 Å². The van der Waals surface area contributed by atoms with Crippen LogP contribution >= 0.6 is 0 Å². The lowest BCUT2D eigenvalue weighted by molar-refractivity contribution is -0.897. The van der Waals surface area contributed by atoms with Crippen LogP contribution in [0.2, 0.25) is 0 Å². The van der Waals surface area contributed by atoms with E-state index in [2.05, 4.69) is 4.98 Å². The minimum Gasteiger partial charge on any atom is -0.466 e. The zero-order chi connectivity index (χ0) is 18.6. The summed E-state index contributed by atoms with van der Waals surface area (Å²) in [6, 6.07) is 0. The van der Waals surface area contributed by atoms with Crippen molar-refractivity contribution in [3.05, 3.63) is 22.5 Å². The van der Waals surface area contributed by atoms with Gasteiger partial charge in [-0.2, -0.15) is 0 Å². The summed E-state index contributed by atoms with van der Waals surface area (Å²) in [5.74, 6) is -0.654. The molecule has 25 heavy (non-hydrogen) atoms. The van der Waals surface area contributed by atoms with Gasteiger partial charge in [0.25, 0.3) is 0 Å². The number of quaternary nitrogens is 1. The van der Waals surface area contributed by atoms with Gasteiger partial charge in [0.1, 0.15) is 6.54 Å². The maximum Gasteiger partial charge on any atom is 0.339 e. The van der Waals surface area contributed by atoms with Crippen molar-refractivity contribution in [1.82, 2.24) is 4.98 Å². The van der Waals surface area contributed by atoms with E-state index in [-0.39, 0.29) is 17.7 Å². The molecular weight excluding hydrogens is 324 g/mol. The summed E-state index contributed by atoms with van der Waals surface area (Å²) in [6.07, 6.45) is 1.47. The third-order valence-corrected chi connectivity index (χ3v) is 4.83. The first-order valence-corrected chi connectivity index (χ1v) is 8.69. The molecule has 0 unspecified atom stereocenters. The Labute approximate surface area is 147 Å². The predicted molar refractivity (Wildman–Crippen MR) is 90.9 cm³/mol. The number of carbonyl (C=O) groups excluding carboxylic acids is 3. The minimum atomic E-state index is -0.437. The number of ketones is 1. The van der Waals surface area contributed by atoms with Gasteiger partial charge in [-0.15, -0.1) is 0 Å². The molecule has 1 aliphatic rings. The fourth-order valence-corrected chi connectivity index (χ4v) is 3.45. The van der Waals surface area contributed by atoms with Crippen LogP contribution in [0.3, 0.4) is 0 Å². The summed E-state index contributed by atoms with van der Waals surface area (Å²) < 4.78 is 9.84. The normalized spacial score (nSPS) is 20.2. The maximum absolute atomic E-state index is 12.6. The van der Waals surface area contributed by atoms with Gasteiger partial charge in [0.05, 0.1) is 44.0 Å². The molecule has 1 fully saturated rings. The van der Waals surface area contributed by atoms with E-state index in [1.807, 2.05) is 0 Å². The number of piperidine rings is 1. The lowest BCUT2D eigenvalue weighted by Crippen LogP contribution is -3.14. The number of ether oxygens (including phenoxy) is 2. The van der Waals surface area contributed by atoms with Crippen molar-refractivity contribution in [1.29, 1.82) is 0 Å². The maximum atomic E-state index is 12.6. The van der Waals surface area contributed by atoms with Gasteiger partial charge in [0, 0.05) is 18.5 Å². The highest BCUT2D eigenvalue weighted by atomic mass is 16.5. The van der Waals surface area contributed by atoms with Gasteiger partial charge < -0.3 is 19.4 Å². The van der Waals surface area contributed by atoms with E-state index in [0.29, 0.717) is 35.7 Å². The van der Waals surface area contributed by atoms with Gasteiger partial charge in [-0.25, -0.2) is 4.79 Å². The molecule has 0 amide bonds. The molecule has 0 aromatic carbocycles. The standard InChI is InChI=1S/C18H26N2O5/c1-5-25-17(22)13-6-8-20(9-7-13)10-14(21)16-11(2)15(12(3)19-16)18(23)24-4/h13,19H,5-10H2,1-4H3/p+1. The molecule has 138 valence electrons. The number of rotatable bonds is 6. The Bertz CT molecular complexity index is 657. The van der Waals surface area contributed by atoms with E-state index >= 15 is 0 Å². The summed E-state index contributed by atoms with van der Waals surface area (Å²) in [7, 11) is 1.33. The molecule has 1 aromatic rings. The van der Waals surface area contributed by atoms with E-state index < -0.39 is 5.97 Å². The average molecular weight is 351 g/mol. The highest BCUT2D eigenvalue weighted by molar-refractivity contribution is 6.01. The number of esters is 2. The molecule has 2 rings (SSSR count). The molecule has 2 N–H and O–H groups in total. The second kappa shape index (κ2) is 8.29. The van der Waals surface area contributed by atoms with Gasteiger partial charge in [0.2, 0.25) is 5.78 Å². The number of Topliss-reactive ketones (excluding diaryl/α,β-unsaturated/α-hetero) is 1. The second-order valence-electron chi connectivity index (χ2n) is 6.49. The van der Waals surface area contributed by atoms with Gasteiger partial charge in [-0.3, -0.25) is 9.59 Å². The molecule has 7 nitrogen and oxygen atoms in total. The number of hydrogen-bond acceptors (Lipinski definition) is 5. The Morgan fingerprint density at radius 2 is 1.84 bits per heavy atom. The highest BCUT2D eigenvalue weighted by Crippen LogP contribution is 2.19. The summed E-state index contributed by atoms with van der Waals surface area (Å²) >= 11 is 0. The topological polar surface area (TPSA) is 89.9 Å². The number of aromatic nitrogens is 1. The zero-order valence-corrected chi connectivity index (χ0v) is 15.4. The minimum absolute atomic E-state index is 0.0275. The fraction of sp³-hybridized carbons (Fsp3) is 0.611. The number of nitrogens with one attached hydrogen (secondary N) is 2. The molecule has 0 bridgehead atoms. The summed E-state index contributed by atoms with van der Waals surface area (Å²) in [5, 5.41) is 0. The largest absolute Gasteiger partial charge is 0.466 e. The van der Waals surface area contributed by atoms with Crippen molar-refractivity contribution in [2.45, 2.75) is 33.6 Å². The smallest absolute Gasteiger partial charge is 0.339 e. The van der Waals surface area contributed by atoms with Crippen molar-refractivity contribution < 1.29 is 28.8 Å². The SMILES string of the molecule is CCOC(=O)C1CC[NH+](CC(=O)c2[nH]c(C)c(C(=O)OC)c2C)CC1. The quantitative estimate of drug-likeness (QED) is 0.574. The van der Waals surface area contributed by atoms with Crippen LogP contribution in [-0.4, -0.2) is 56.1 Å². The van der Waals surface area contributed by atoms with Crippen LogP contribution in [0.5, 0.6) is 0 Å². The van der Waals surface area contributed by atoms with Crippen LogP contribution in [0.1, 0.15) is 51.9 Å². The molecule has 2 heterocycles. The first-order valence-electron chi connectivity index (χ1n) is 8.69. The Kier molecular flexibility index (Phi) is 6.36. The molecule has 0 radical (unpaired) electrons. The number of hydrogen-bond donors (Lipinski definition) is 2. The average Bonchev–Trinajstić information content (AvgIpc) is 2.89. The van der Waals surface area contributed by atoms with Gasteiger partial charge in [-0.1, -0.05) is 0 Å². The number of H-pyrrole nitrogens is 1. The number of aryl methyl sites for hydroxylation is 1. The monoisotopic (exact) mass is 351 g/mol. The van der Waals surface area contributed by atoms with E-state index in [4.69, 9.17) is 9.47 Å². The van der Waals surface area contributed by atoms with Crippen molar-refractivity contribution >= 4 is 17.7 Å². The lowest BCUT2D eigenvalue weighted by atomic mass is 9.96. The molecule has 7 heteroatoms. The first kappa shape index (κ1) is 19.2. The highest BCUT2D eigenvalue weighted by Gasteiger charge is 2.31. The van der Waals surface area contributed by atoms with Crippen LogP contribution in [0.15, 0.2) is 0 Å². The number of methoxy groups -OCH3 is 1. The molecule has 0 atom stereocenters. The first-order chi connectivity index (χ1) is 11.9. The molecule has 1 saturated heterocycles. The van der Waals surface area contributed by atoms with Crippen LogP contribution in [0, 0.1) is 19.8 Å². The van der Waals surface area contributed by atoms with Crippen molar-refractivity contribution in [3.8, 4) is 0 Å². The van der Waals surface area contributed by atoms with Gasteiger partial charge in [-0.05, 0) is 26.3 Å². The third kappa shape index (κ3) is 4.28. The van der Waals surface area contributed by atoms with Gasteiger partial charge in [0.15, 0.2) is 0 Å². The molecule has 0 aliphatic carbocycles. The van der Waals surface area contributed by atoms with Gasteiger partial charge >= 0.3 is 11.9 Å².